The van der Waals surface area contributed by atoms with Crippen LogP contribution in [0.25, 0.3) is 0 Å². The van der Waals surface area contributed by atoms with Gasteiger partial charge in [0, 0.05) is 6.42 Å². The summed E-state index contributed by atoms with van der Waals surface area (Å²) in [6.07, 6.45) is 3.44. The lowest BCUT2D eigenvalue weighted by atomic mass is 10.4. The summed E-state index contributed by atoms with van der Waals surface area (Å²) in [5.74, 6) is 0.255. The van der Waals surface area contributed by atoms with Crippen LogP contribution in [0.2, 0.25) is 0 Å². The van der Waals surface area contributed by atoms with Crippen LogP contribution in [0.15, 0.2) is 0 Å². The van der Waals surface area contributed by atoms with E-state index in [9.17, 15) is 4.79 Å². The monoisotopic (exact) mass is 143 g/mol. The van der Waals surface area contributed by atoms with Gasteiger partial charge in [0.25, 0.3) is 0 Å². The lowest BCUT2D eigenvalue weighted by Gasteiger charge is -1.76. The van der Waals surface area contributed by atoms with Crippen molar-refractivity contribution in [3.8, 4) is 0 Å². The minimum Gasteiger partial charge on any atom is -0.317 e. The summed E-state index contributed by atoms with van der Waals surface area (Å²) in [6, 6.07) is 0. The molecule has 10 heavy (non-hydrogen) atoms. The van der Waals surface area contributed by atoms with Gasteiger partial charge in [0.15, 0.2) is 0 Å². The number of nitrogens with one attached hydrogen (secondary N) is 1. The highest BCUT2D eigenvalue weighted by atomic mass is 16.1. The Balaban J connectivity index is 0.000000162. The minimum atomic E-state index is 0.255. The number of hydrogen-bond donors (Lipinski definition) is 1. The molecule has 0 unspecified atom stereocenters. The first kappa shape index (κ1) is 9.63. The summed E-state index contributed by atoms with van der Waals surface area (Å²) in [7, 11) is 0. The van der Waals surface area contributed by atoms with Crippen LogP contribution in [0.5, 0.6) is 0 Å². The number of rotatable bonds is 1. The van der Waals surface area contributed by atoms with Crippen molar-refractivity contribution in [2.45, 2.75) is 33.1 Å². The highest BCUT2D eigenvalue weighted by Gasteiger charge is 1.93. The molecule has 0 aromatic rings. The summed E-state index contributed by atoms with van der Waals surface area (Å²) < 4.78 is 0. The molecule has 0 radical (unpaired) electrons. The molecule has 0 spiro atoms. The Bertz CT molecular complexity index is 79.6. The molecule has 0 aromatic carbocycles. The molecular weight excluding hydrogens is 126 g/mol. The largest absolute Gasteiger partial charge is 0.317 e. The van der Waals surface area contributed by atoms with Gasteiger partial charge in [-0.2, -0.15) is 0 Å². The number of hydrogen-bond acceptors (Lipinski definition) is 2. The van der Waals surface area contributed by atoms with E-state index in [1.165, 1.54) is 25.9 Å². The smallest absolute Gasteiger partial charge is 0.129 e. The van der Waals surface area contributed by atoms with E-state index in [-0.39, 0.29) is 5.78 Å². The van der Waals surface area contributed by atoms with Gasteiger partial charge in [-0.1, -0.05) is 6.92 Å². The van der Waals surface area contributed by atoms with Gasteiger partial charge in [0.2, 0.25) is 0 Å². The molecule has 0 saturated carbocycles. The van der Waals surface area contributed by atoms with Crippen molar-refractivity contribution in [1.29, 1.82) is 0 Å². The summed E-state index contributed by atoms with van der Waals surface area (Å²) in [5.41, 5.74) is 0. The molecule has 0 atom stereocenters. The molecule has 0 aromatic heterocycles. The molecule has 1 aliphatic heterocycles. The third-order valence-corrected chi connectivity index (χ3v) is 1.45. The van der Waals surface area contributed by atoms with Gasteiger partial charge in [-0.25, -0.2) is 0 Å². The fraction of sp³-hybridized carbons (Fsp3) is 0.875. The topological polar surface area (TPSA) is 29.1 Å². The molecular formula is C8H17NO. The summed E-state index contributed by atoms with van der Waals surface area (Å²) in [4.78, 5) is 9.81. The van der Waals surface area contributed by atoms with Crippen molar-refractivity contribution >= 4 is 5.78 Å². The Morgan fingerprint density at radius 3 is 1.90 bits per heavy atom. The molecule has 0 aliphatic carbocycles. The van der Waals surface area contributed by atoms with Gasteiger partial charge in [-0.05, 0) is 32.9 Å². The summed E-state index contributed by atoms with van der Waals surface area (Å²) >= 11 is 0. The zero-order valence-electron chi connectivity index (χ0n) is 6.94. The average molecular weight is 143 g/mol. The summed E-state index contributed by atoms with van der Waals surface area (Å²) in [5, 5.41) is 3.22. The van der Waals surface area contributed by atoms with Crippen molar-refractivity contribution in [2.75, 3.05) is 13.1 Å². The number of carbonyl (C=O) groups is 1. The van der Waals surface area contributed by atoms with Crippen LogP contribution in [0.1, 0.15) is 33.1 Å². The van der Waals surface area contributed by atoms with E-state index < -0.39 is 0 Å². The Morgan fingerprint density at radius 2 is 1.80 bits per heavy atom. The van der Waals surface area contributed by atoms with Crippen LogP contribution < -0.4 is 5.32 Å². The first-order chi connectivity index (χ1) is 4.77. The predicted octanol–water partition coefficient (Wildman–Crippen LogP) is 1.36. The van der Waals surface area contributed by atoms with Gasteiger partial charge >= 0.3 is 0 Å². The van der Waals surface area contributed by atoms with Crippen LogP contribution in [-0.2, 0) is 4.79 Å². The zero-order chi connectivity index (χ0) is 7.82. The second kappa shape index (κ2) is 6.75. The zero-order valence-corrected chi connectivity index (χ0v) is 6.94. The van der Waals surface area contributed by atoms with Gasteiger partial charge in [0.05, 0.1) is 0 Å². The van der Waals surface area contributed by atoms with Crippen LogP contribution in [0, 0.1) is 0 Å². The normalized spacial score (nSPS) is 15.8. The van der Waals surface area contributed by atoms with Crippen molar-refractivity contribution in [1.82, 2.24) is 5.32 Å². The maximum absolute atomic E-state index is 9.81. The molecule has 1 N–H and O–H groups in total. The molecule has 0 amide bonds. The van der Waals surface area contributed by atoms with Gasteiger partial charge < -0.3 is 10.1 Å². The number of Topliss-reactive ketones (excluding diaryl/α,β-unsaturated/α-hetero) is 1. The molecule has 2 heteroatoms. The van der Waals surface area contributed by atoms with E-state index in [2.05, 4.69) is 5.32 Å². The lowest BCUT2D eigenvalue weighted by Crippen LogP contribution is -2.03. The van der Waals surface area contributed by atoms with Crippen molar-refractivity contribution in [3.63, 3.8) is 0 Å². The molecule has 1 saturated heterocycles. The maximum atomic E-state index is 9.81. The lowest BCUT2D eigenvalue weighted by molar-refractivity contribution is -0.116. The standard InChI is InChI=1S/C4H9N.C4H8O/c1-2-4-5-3-1;1-3-4(2)5/h5H,1-4H2;3H2,1-2H3. The first-order valence-corrected chi connectivity index (χ1v) is 3.97. The van der Waals surface area contributed by atoms with E-state index in [1.807, 2.05) is 6.92 Å². The third kappa shape index (κ3) is 7.63. The molecule has 1 heterocycles. The van der Waals surface area contributed by atoms with E-state index >= 15 is 0 Å². The molecule has 1 rings (SSSR count). The number of ketones is 1. The Hall–Kier alpha value is -0.370. The first-order valence-electron chi connectivity index (χ1n) is 3.97. The van der Waals surface area contributed by atoms with Crippen LogP contribution >= 0.6 is 0 Å². The van der Waals surface area contributed by atoms with E-state index in [1.54, 1.807) is 6.92 Å². The van der Waals surface area contributed by atoms with E-state index in [0.29, 0.717) is 6.42 Å². The van der Waals surface area contributed by atoms with Gasteiger partial charge in [-0.15, -0.1) is 0 Å². The third-order valence-electron chi connectivity index (χ3n) is 1.45. The second-order valence-corrected chi connectivity index (χ2v) is 2.51. The second-order valence-electron chi connectivity index (χ2n) is 2.51. The van der Waals surface area contributed by atoms with Gasteiger partial charge in [-0.3, -0.25) is 0 Å². The quantitative estimate of drug-likeness (QED) is 0.600. The van der Waals surface area contributed by atoms with Crippen LogP contribution in [0.3, 0.4) is 0 Å². The fourth-order valence-corrected chi connectivity index (χ4v) is 0.625. The molecule has 1 aliphatic rings. The Kier molecular flexibility index (Phi) is 6.50. The van der Waals surface area contributed by atoms with Crippen molar-refractivity contribution in [2.24, 2.45) is 0 Å². The fourth-order valence-electron chi connectivity index (χ4n) is 0.625. The van der Waals surface area contributed by atoms with E-state index in [4.69, 9.17) is 0 Å². The van der Waals surface area contributed by atoms with Crippen LogP contribution in [0.4, 0.5) is 0 Å². The van der Waals surface area contributed by atoms with Crippen LogP contribution in [-0.4, -0.2) is 18.9 Å². The highest BCUT2D eigenvalue weighted by molar-refractivity contribution is 5.74. The Labute approximate surface area is 63.0 Å². The van der Waals surface area contributed by atoms with Crippen molar-refractivity contribution in [3.05, 3.63) is 0 Å². The SMILES string of the molecule is C1CCNC1.CCC(C)=O. The molecule has 60 valence electrons. The minimum absolute atomic E-state index is 0.255. The highest BCUT2D eigenvalue weighted by Crippen LogP contribution is 1.90. The Morgan fingerprint density at radius 1 is 1.40 bits per heavy atom. The molecule has 1 fully saturated rings. The molecule has 2 nitrogen and oxygen atoms in total. The summed E-state index contributed by atoms with van der Waals surface area (Å²) in [6.45, 7) is 5.93. The van der Waals surface area contributed by atoms with E-state index in [0.717, 1.165) is 0 Å². The van der Waals surface area contributed by atoms with Crippen molar-refractivity contribution < 1.29 is 4.79 Å². The average Bonchev–Trinajstić information content (AvgIpc) is 2.43. The molecule has 0 bridgehead atoms. The van der Waals surface area contributed by atoms with Gasteiger partial charge in [0.1, 0.15) is 5.78 Å². The predicted molar refractivity (Wildman–Crippen MR) is 43.1 cm³/mol. The maximum Gasteiger partial charge on any atom is 0.129 e. The number of carbonyl (C=O) groups excluding carboxylic acids is 1.